The Morgan fingerprint density at radius 3 is 2.58 bits per heavy atom. The third-order valence-corrected chi connectivity index (χ3v) is 3.46. The molecule has 3 nitrogen and oxygen atoms in total. The van der Waals surface area contributed by atoms with Gasteiger partial charge >= 0.3 is 6.18 Å². The first-order chi connectivity index (χ1) is 8.66. The molecular formula is C12H15ClF3N3. The minimum atomic E-state index is -4.59. The summed E-state index contributed by atoms with van der Waals surface area (Å²) >= 11 is 5.61. The van der Waals surface area contributed by atoms with Crippen LogP contribution in [0.2, 0.25) is 5.15 Å². The topological polar surface area (TPSA) is 37.8 Å². The zero-order chi connectivity index (χ0) is 14.3. The fraction of sp³-hybridized carbons (Fsp3) is 0.667. The number of hydrogen-bond acceptors (Lipinski definition) is 3. The Hall–Kier alpha value is -1.04. The summed E-state index contributed by atoms with van der Waals surface area (Å²) in [4.78, 5) is 6.68. The fourth-order valence-electron chi connectivity index (χ4n) is 2.39. The first kappa shape index (κ1) is 14.4. The lowest BCUT2D eigenvalue weighted by atomic mass is 9.92. The Morgan fingerprint density at radius 2 is 2.05 bits per heavy atom. The lowest BCUT2D eigenvalue weighted by molar-refractivity contribution is -0.144. The van der Waals surface area contributed by atoms with E-state index in [2.05, 4.69) is 29.1 Å². The van der Waals surface area contributed by atoms with E-state index in [1.54, 1.807) is 0 Å². The molecule has 0 aromatic carbocycles. The van der Waals surface area contributed by atoms with Crippen LogP contribution in [0.4, 0.5) is 19.0 Å². The summed E-state index contributed by atoms with van der Waals surface area (Å²) in [6.45, 7) is 4.28. The van der Waals surface area contributed by atoms with E-state index in [1.165, 1.54) is 6.07 Å². The van der Waals surface area contributed by atoms with Crippen molar-refractivity contribution in [3.8, 4) is 0 Å². The molecule has 1 aliphatic rings. The highest BCUT2D eigenvalue weighted by molar-refractivity contribution is 6.29. The second-order valence-corrected chi connectivity index (χ2v) is 6.03. The van der Waals surface area contributed by atoms with Crippen molar-refractivity contribution < 1.29 is 13.2 Å². The minimum Gasteiger partial charge on any atom is -0.367 e. The molecule has 1 heterocycles. The van der Waals surface area contributed by atoms with Gasteiger partial charge in [0.1, 0.15) is 11.0 Å². The second-order valence-electron chi connectivity index (χ2n) is 5.65. The molecular weight excluding hydrogens is 279 g/mol. The Labute approximate surface area is 114 Å². The van der Waals surface area contributed by atoms with Gasteiger partial charge in [-0.25, -0.2) is 9.97 Å². The van der Waals surface area contributed by atoms with Gasteiger partial charge in [0.2, 0.25) is 5.82 Å². The van der Waals surface area contributed by atoms with E-state index >= 15 is 0 Å². The molecule has 1 aliphatic carbocycles. The van der Waals surface area contributed by atoms with E-state index in [0.29, 0.717) is 0 Å². The molecule has 19 heavy (non-hydrogen) atoms. The van der Waals surface area contributed by atoms with Crippen molar-refractivity contribution in [1.29, 1.82) is 0 Å². The van der Waals surface area contributed by atoms with Gasteiger partial charge < -0.3 is 5.32 Å². The molecule has 0 spiro atoms. The van der Waals surface area contributed by atoms with Gasteiger partial charge in [0.05, 0.1) is 0 Å². The smallest absolute Gasteiger partial charge is 0.367 e. The second kappa shape index (κ2) is 4.81. The van der Waals surface area contributed by atoms with Crippen molar-refractivity contribution >= 4 is 17.4 Å². The number of aromatic nitrogens is 2. The summed E-state index contributed by atoms with van der Waals surface area (Å²) in [7, 11) is 0. The Bertz CT molecular complexity index is 474. The maximum atomic E-state index is 12.6. The monoisotopic (exact) mass is 293 g/mol. The number of nitrogens with one attached hydrogen (secondary N) is 1. The first-order valence-electron chi connectivity index (χ1n) is 6.04. The van der Waals surface area contributed by atoms with Crippen LogP contribution in [0.25, 0.3) is 0 Å². The summed E-state index contributed by atoms with van der Waals surface area (Å²) < 4.78 is 37.7. The summed E-state index contributed by atoms with van der Waals surface area (Å²) in [6, 6.07) is 1.45. The summed E-state index contributed by atoms with van der Waals surface area (Å²) in [5.41, 5.74) is 0.210. The van der Waals surface area contributed by atoms with Crippen molar-refractivity contribution in [1.82, 2.24) is 9.97 Å². The zero-order valence-electron chi connectivity index (χ0n) is 10.7. The van der Waals surface area contributed by atoms with Crippen LogP contribution in [-0.2, 0) is 6.18 Å². The number of anilines is 1. The highest BCUT2D eigenvalue weighted by Crippen LogP contribution is 2.38. The molecule has 2 rings (SSSR count). The van der Waals surface area contributed by atoms with Gasteiger partial charge in [-0.1, -0.05) is 25.4 Å². The Morgan fingerprint density at radius 1 is 1.37 bits per heavy atom. The van der Waals surface area contributed by atoms with E-state index in [1.807, 2.05) is 0 Å². The highest BCUT2D eigenvalue weighted by atomic mass is 35.5. The van der Waals surface area contributed by atoms with Gasteiger partial charge in [0, 0.05) is 12.1 Å². The first-order valence-corrected chi connectivity index (χ1v) is 6.42. The third-order valence-electron chi connectivity index (χ3n) is 3.27. The van der Waals surface area contributed by atoms with Gasteiger partial charge in [-0.05, 0) is 24.7 Å². The number of rotatable bonds is 2. The molecule has 1 unspecified atom stereocenters. The summed E-state index contributed by atoms with van der Waals surface area (Å²) in [5, 5.41) is 2.81. The molecule has 1 fully saturated rings. The number of nitrogens with zero attached hydrogens (tertiary/aromatic N) is 2. The van der Waals surface area contributed by atoms with Crippen molar-refractivity contribution in [3.63, 3.8) is 0 Å². The van der Waals surface area contributed by atoms with E-state index in [9.17, 15) is 13.2 Å². The van der Waals surface area contributed by atoms with Crippen LogP contribution in [0.5, 0.6) is 0 Å². The largest absolute Gasteiger partial charge is 0.451 e. The Balaban J connectivity index is 2.15. The maximum Gasteiger partial charge on any atom is 0.451 e. The average molecular weight is 294 g/mol. The molecule has 1 aromatic rings. The molecule has 0 aliphatic heterocycles. The van der Waals surface area contributed by atoms with Crippen LogP contribution >= 0.6 is 11.6 Å². The molecule has 7 heteroatoms. The molecule has 0 radical (unpaired) electrons. The lowest BCUT2D eigenvalue weighted by Gasteiger charge is -2.18. The molecule has 0 amide bonds. The molecule has 0 bridgehead atoms. The van der Waals surface area contributed by atoms with Crippen molar-refractivity contribution in [2.24, 2.45) is 5.41 Å². The van der Waals surface area contributed by atoms with Crippen LogP contribution < -0.4 is 5.32 Å². The van der Waals surface area contributed by atoms with Crippen molar-refractivity contribution in [3.05, 3.63) is 17.0 Å². The standard InChI is InChI=1S/C12H15ClF3N3/c1-11(2)4-3-7(6-11)17-9-5-8(13)18-10(19-9)12(14,15)16/h5,7H,3-4,6H2,1-2H3,(H,17,18,19). The SMILES string of the molecule is CC1(C)CCC(Nc2cc(Cl)nc(C(F)(F)F)n2)C1. The van der Waals surface area contributed by atoms with Crippen LogP contribution in [0.3, 0.4) is 0 Å². The molecule has 1 atom stereocenters. The van der Waals surface area contributed by atoms with Gasteiger partial charge in [0.15, 0.2) is 0 Å². The Kier molecular flexibility index (Phi) is 3.64. The van der Waals surface area contributed by atoms with Crippen molar-refractivity contribution in [2.75, 3.05) is 5.32 Å². The zero-order valence-corrected chi connectivity index (χ0v) is 11.4. The van der Waals surface area contributed by atoms with E-state index < -0.39 is 12.0 Å². The normalized spacial score (nSPS) is 22.5. The summed E-state index contributed by atoms with van der Waals surface area (Å²) in [5.74, 6) is -1.07. The minimum absolute atomic E-state index is 0.127. The molecule has 1 N–H and O–H groups in total. The van der Waals surface area contributed by atoms with Crippen LogP contribution in [0.15, 0.2) is 6.07 Å². The van der Waals surface area contributed by atoms with Crippen LogP contribution in [0.1, 0.15) is 38.9 Å². The van der Waals surface area contributed by atoms with Crippen LogP contribution in [-0.4, -0.2) is 16.0 Å². The lowest BCUT2D eigenvalue weighted by Crippen LogP contribution is -2.20. The predicted molar refractivity (Wildman–Crippen MR) is 67.1 cm³/mol. The summed E-state index contributed by atoms with van der Waals surface area (Å²) in [6.07, 6.45) is -1.74. The number of halogens is 4. The van der Waals surface area contributed by atoms with E-state index in [-0.39, 0.29) is 22.4 Å². The third kappa shape index (κ3) is 3.72. The molecule has 0 saturated heterocycles. The van der Waals surface area contributed by atoms with Crippen LogP contribution in [0, 0.1) is 5.41 Å². The average Bonchev–Trinajstić information content (AvgIpc) is 2.55. The fourth-order valence-corrected chi connectivity index (χ4v) is 2.57. The number of hydrogen-bond donors (Lipinski definition) is 1. The van der Waals surface area contributed by atoms with E-state index in [0.717, 1.165) is 19.3 Å². The molecule has 106 valence electrons. The highest BCUT2D eigenvalue weighted by Gasteiger charge is 2.36. The van der Waals surface area contributed by atoms with Gasteiger partial charge in [-0.15, -0.1) is 0 Å². The molecule has 1 saturated carbocycles. The van der Waals surface area contributed by atoms with Gasteiger partial charge in [-0.3, -0.25) is 0 Å². The van der Waals surface area contributed by atoms with Gasteiger partial charge in [-0.2, -0.15) is 13.2 Å². The van der Waals surface area contributed by atoms with Crippen molar-refractivity contribution in [2.45, 2.75) is 45.3 Å². The number of alkyl halides is 3. The predicted octanol–water partition coefficient (Wildman–Crippen LogP) is 4.14. The van der Waals surface area contributed by atoms with E-state index in [4.69, 9.17) is 11.6 Å². The molecule has 1 aromatic heterocycles. The quantitative estimate of drug-likeness (QED) is 0.833. The van der Waals surface area contributed by atoms with Gasteiger partial charge in [0.25, 0.3) is 0 Å². The maximum absolute atomic E-state index is 12.6.